The average Bonchev–Trinajstić information content (AvgIpc) is 2.27. The van der Waals surface area contributed by atoms with Crippen molar-refractivity contribution in [2.45, 2.75) is 34.1 Å². The van der Waals surface area contributed by atoms with Crippen LogP contribution in [0.4, 0.5) is 4.39 Å². The Balaban J connectivity index is 2.85. The maximum absolute atomic E-state index is 13.7. The van der Waals surface area contributed by atoms with Crippen LogP contribution in [0.1, 0.15) is 44.5 Å². The molecule has 1 rings (SSSR count). The van der Waals surface area contributed by atoms with E-state index in [2.05, 4.69) is 20.8 Å². The summed E-state index contributed by atoms with van der Waals surface area (Å²) in [5.41, 5.74) is 0.186. The van der Waals surface area contributed by atoms with Gasteiger partial charge in [0.1, 0.15) is 11.6 Å². The van der Waals surface area contributed by atoms with Gasteiger partial charge in [-0.25, -0.2) is 4.39 Å². The van der Waals surface area contributed by atoms with Crippen molar-refractivity contribution in [3.8, 4) is 5.75 Å². The largest absolute Gasteiger partial charge is 0.497 e. The number of carbonyl (C=O) groups is 1. The predicted octanol–water partition coefficient (Wildman–Crippen LogP) is 4.09. The zero-order valence-electron chi connectivity index (χ0n) is 11.7. The summed E-state index contributed by atoms with van der Waals surface area (Å²) in [5, 5.41) is 0. The van der Waals surface area contributed by atoms with Gasteiger partial charge in [-0.1, -0.05) is 27.7 Å². The van der Waals surface area contributed by atoms with Gasteiger partial charge in [0.05, 0.1) is 12.7 Å². The maximum atomic E-state index is 13.7. The highest BCUT2D eigenvalue weighted by Gasteiger charge is 2.24. The Kier molecular flexibility index (Phi) is 4.49. The standard InChI is InChI=1S/C15H21FO2/c1-10(15(2,3)4)8-14(17)12-7-6-11(18-5)9-13(12)16/h6-7,9-10H,8H2,1-5H3. The van der Waals surface area contributed by atoms with E-state index in [1.165, 1.54) is 19.2 Å². The fourth-order valence-electron chi connectivity index (χ4n) is 1.54. The summed E-state index contributed by atoms with van der Waals surface area (Å²) < 4.78 is 18.6. The molecule has 18 heavy (non-hydrogen) atoms. The van der Waals surface area contributed by atoms with Crippen molar-refractivity contribution in [3.63, 3.8) is 0 Å². The van der Waals surface area contributed by atoms with Gasteiger partial charge in [0.15, 0.2) is 5.78 Å². The van der Waals surface area contributed by atoms with E-state index in [1.54, 1.807) is 6.07 Å². The van der Waals surface area contributed by atoms with Crippen molar-refractivity contribution < 1.29 is 13.9 Å². The lowest BCUT2D eigenvalue weighted by Gasteiger charge is -2.26. The highest BCUT2D eigenvalue weighted by Crippen LogP contribution is 2.29. The van der Waals surface area contributed by atoms with E-state index < -0.39 is 5.82 Å². The zero-order chi connectivity index (χ0) is 13.9. The molecule has 0 saturated carbocycles. The van der Waals surface area contributed by atoms with Crippen LogP contribution >= 0.6 is 0 Å². The minimum absolute atomic E-state index is 0.0403. The quantitative estimate of drug-likeness (QED) is 0.754. The Morgan fingerprint density at radius 3 is 2.44 bits per heavy atom. The molecule has 0 heterocycles. The highest BCUT2D eigenvalue weighted by atomic mass is 19.1. The van der Waals surface area contributed by atoms with Crippen LogP contribution in [-0.2, 0) is 0 Å². The maximum Gasteiger partial charge on any atom is 0.166 e. The van der Waals surface area contributed by atoms with Gasteiger partial charge >= 0.3 is 0 Å². The SMILES string of the molecule is COc1ccc(C(=O)CC(C)C(C)(C)C)c(F)c1. The Morgan fingerprint density at radius 1 is 1.39 bits per heavy atom. The molecule has 100 valence electrons. The molecule has 0 fully saturated rings. The van der Waals surface area contributed by atoms with Crippen LogP contribution in [0.2, 0.25) is 0 Å². The summed E-state index contributed by atoms with van der Waals surface area (Å²) in [7, 11) is 1.47. The molecule has 0 aliphatic carbocycles. The summed E-state index contributed by atoms with van der Waals surface area (Å²) >= 11 is 0. The molecule has 0 saturated heterocycles. The van der Waals surface area contributed by atoms with E-state index in [0.717, 1.165) is 0 Å². The van der Waals surface area contributed by atoms with Gasteiger partial charge < -0.3 is 4.74 Å². The molecule has 0 aromatic heterocycles. The second-order valence-corrected chi connectivity index (χ2v) is 5.74. The summed E-state index contributed by atoms with van der Waals surface area (Å²) in [4.78, 5) is 12.0. The van der Waals surface area contributed by atoms with Crippen LogP contribution in [0.15, 0.2) is 18.2 Å². The van der Waals surface area contributed by atoms with Gasteiger partial charge in [-0.15, -0.1) is 0 Å². The number of Topliss-reactive ketones (excluding diaryl/α,β-unsaturated/α-hetero) is 1. The summed E-state index contributed by atoms with van der Waals surface area (Å²) in [5.74, 6) is -0.0440. The van der Waals surface area contributed by atoms with Crippen LogP contribution in [0.5, 0.6) is 5.75 Å². The molecular weight excluding hydrogens is 231 g/mol. The molecule has 0 aliphatic heterocycles. The highest BCUT2D eigenvalue weighted by molar-refractivity contribution is 5.96. The number of hydrogen-bond acceptors (Lipinski definition) is 2. The fourth-order valence-corrected chi connectivity index (χ4v) is 1.54. The third-order valence-corrected chi connectivity index (χ3v) is 3.45. The van der Waals surface area contributed by atoms with Crippen molar-refractivity contribution in [1.82, 2.24) is 0 Å². The second kappa shape index (κ2) is 5.51. The number of ketones is 1. The van der Waals surface area contributed by atoms with Gasteiger partial charge in [-0.05, 0) is 23.5 Å². The first-order valence-corrected chi connectivity index (χ1v) is 6.12. The normalized spacial score (nSPS) is 13.2. The molecule has 2 nitrogen and oxygen atoms in total. The molecule has 3 heteroatoms. The lowest BCUT2D eigenvalue weighted by atomic mass is 9.78. The zero-order valence-corrected chi connectivity index (χ0v) is 11.7. The lowest BCUT2D eigenvalue weighted by Crippen LogP contribution is -2.21. The first-order chi connectivity index (χ1) is 8.25. The van der Waals surface area contributed by atoms with Crippen molar-refractivity contribution in [2.24, 2.45) is 11.3 Å². The smallest absolute Gasteiger partial charge is 0.166 e. The van der Waals surface area contributed by atoms with Crippen LogP contribution in [0.25, 0.3) is 0 Å². The number of halogens is 1. The first-order valence-electron chi connectivity index (χ1n) is 6.12. The Hall–Kier alpha value is -1.38. The molecule has 0 N–H and O–H groups in total. The topological polar surface area (TPSA) is 26.3 Å². The predicted molar refractivity (Wildman–Crippen MR) is 70.5 cm³/mol. The van der Waals surface area contributed by atoms with Crippen LogP contribution in [0, 0.1) is 17.2 Å². The Morgan fingerprint density at radius 2 is 2.00 bits per heavy atom. The molecule has 0 spiro atoms. The summed E-state index contributed by atoms with van der Waals surface area (Å²) in [6, 6.07) is 4.35. The number of carbonyl (C=O) groups excluding carboxylic acids is 1. The molecule has 0 aliphatic rings. The van der Waals surface area contributed by atoms with E-state index in [9.17, 15) is 9.18 Å². The van der Waals surface area contributed by atoms with E-state index in [-0.39, 0.29) is 22.7 Å². The van der Waals surface area contributed by atoms with E-state index in [0.29, 0.717) is 12.2 Å². The monoisotopic (exact) mass is 252 g/mol. The minimum Gasteiger partial charge on any atom is -0.497 e. The number of benzene rings is 1. The summed E-state index contributed by atoms with van der Waals surface area (Å²) in [6.07, 6.45) is 0.354. The third kappa shape index (κ3) is 3.56. The van der Waals surface area contributed by atoms with Gasteiger partial charge in [0.25, 0.3) is 0 Å². The second-order valence-electron chi connectivity index (χ2n) is 5.74. The molecule has 1 unspecified atom stereocenters. The van der Waals surface area contributed by atoms with Crippen LogP contribution in [-0.4, -0.2) is 12.9 Å². The molecule has 1 aromatic rings. The van der Waals surface area contributed by atoms with E-state index in [1.807, 2.05) is 6.92 Å². The van der Waals surface area contributed by atoms with Crippen molar-refractivity contribution in [1.29, 1.82) is 0 Å². The number of hydrogen-bond donors (Lipinski definition) is 0. The number of rotatable bonds is 4. The molecule has 0 amide bonds. The van der Waals surface area contributed by atoms with Gasteiger partial charge in [-0.2, -0.15) is 0 Å². The van der Waals surface area contributed by atoms with E-state index >= 15 is 0 Å². The molecule has 1 aromatic carbocycles. The molecule has 1 atom stereocenters. The lowest BCUT2D eigenvalue weighted by molar-refractivity contribution is 0.0923. The Labute approximate surface area is 108 Å². The molecule has 0 radical (unpaired) electrons. The first kappa shape index (κ1) is 14.7. The van der Waals surface area contributed by atoms with Crippen molar-refractivity contribution >= 4 is 5.78 Å². The van der Waals surface area contributed by atoms with Gasteiger partial charge in [0.2, 0.25) is 0 Å². The minimum atomic E-state index is -0.513. The third-order valence-electron chi connectivity index (χ3n) is 3.45. The van der Waals surface area contributed by atoms with Crippen LogP contribution < -0.4 is 4.74 Å². The summed E-state index contributed by atoms with van der Waals surface area (Å²) in [6.45, 7) is 8.25. The van der Waals surface area contributed by atoms with Gasteiger partial charge in [-0.3, -0.25) is 4.79 Å². The average molecular weight is 252 g/mol. The number of ether oxygens (including phenoxy) is 1. The van der Waals surface area contributed by atoms with Crippen molar-refractivity contribution in [3.05, 3.63) is 29.6 Å². The Bertz CT molecular complexity index is 433. The number of methoxy groups -OCH3 is 1. The molecule has 0 bridgehead atoms. The van der Waals surface area contributed by atoms with E-state index in [4.69, 9.17) is 4.74 Å². The van der Waals surface area contributed by atoms with Crippen LogP contribution in [0.3, 0.4) is 0 Å². The van der Waals surface area contributed by atoms with Gasteiger partial charge in [0, 0.05) is 12.5 Å². The fraction of sp³-hybridized carbons (Fsp3) is 0.533. The molecular formula is C15H21FO2. The van der Waals surface area contributed by atoms with Crippen molar-refractivity contribution in [2.75, 3.05) is 7.11 Å².